The molecule has 32 heavy (non-hydrogen) atoms. The van der Waals surface area contributed by atoms with E-state index in [1.165, 1.54) is 18.2 Å². The maximum absolute atomic E-state index is 13.1. The van der Waals surface area contributed by atoms with E-state index in [4.69, 9.17) is 0 Å². The average molecular weight is 428 g/mol. The van der Waals surface area contributed by atoms with Gasteiger partial charge >= 0.3 is 0 Å². The number of nitro benzene ring substituents is 1. The number of amides is 2. The first kappa shape index (κ1) is 22.1. The highest BCUT2D eigenvalue weighted by atomic mass is 16.6. The van der Waals surface area contributed by atoms with Gasteiger partial charge in [-0.15, -0.1) is 0 Å². The Labute approximate surface area is 184 Å². The minimum atomic E-state index is -0.572. The summed E-state index contributed by atoms with van der Waals surface area (Å²) in [6.07, 6.45) is 0. The molecule has 0 aliphatic carbocycles. The maximum Gasteiger partial charge on any atom is 0.270 e. The van der Waals surface area contributed by atoms with Gasteiger partial charge in [-0.1, -0.05) is 24.1 Å². The van der Waals surface area contributed by atoms with Crippen molar-refractivity contribution in [3.05, 3.63) is 88.0 Å². The van der Waals surface area contributed by atoms with Crippen molar-refractivity contribution in [3.8, 4) is 23.1 Å². The van der Waals surface area contributed by atoms with E-state index in [1.54, 1.807) is 62.5 Å². The Kier molecular flexibility index (Phi) is 6.83. The number of nitro groups is 1. The van der Waals surface area contributed by atoms with E-state index < -0.39 is 16.7 Å². The molecule has 0 aliphatic heterocycles. The van der Waals surface area contributed by atoms with Crippen LogP contribution in [0, 0.1) is 22.1 Å². The van der Waals surface area contributed by atoms with Gasteiger partial charge in [0.15, 0.2) is 0 Å². The van der Waals surface area contributed by atoms with Crippen LogP contribution < -0.4 is 16.0 Å². The summed E-state index contributed by atoms with van der Waals surface area (Å²) in [5.41, 5.74) is 2.35. The fourth-order valence-electron chi connectivity index (χ4n) is 3.09. The number of carbonyl (C=O) groups excluding carboxylic acids is 2. The van der Waals surface area contributed by atoms with E-state index in [9.17, 15) is 19.7 Å². The SMILES string of the molecule is CC#CNC(=O)c1ccccc1-c1ccc([N+](=O)[O-])cc1C(=O)Nc1ccc(NC)cc1. The Balaban J connectivity index is 2.07. The van der Waals surface area contributed by atoms with Gasteiger partial charge in [-0.3, -0.25) is 25.0 Å². The molecule has 0 heterocycles. The Hall–Kier alpha value is -4.64. The largest absolute Gasteiger partial charge is 0.388 e. The third-order valence-electron chi connectivity index (χ3n) is 4.65. The Bertz CT molecular complexity index is 1240. The number of anilines is 2. The summed E-state index contributed by atoms with van der Waals surface area (Å²) in [4.78, 5) is 36.5. The summed E-state index contributed by atoms with van der Waals surface area (Å²) in [6, 6.07) is 20.2. The van der Waals surface area contributed by atoms with Crippen molar-refractivity contribution >= 4 is 28.9 Å². The summed E-state index contributed by atoms with van der Waals surface area (Å²) in [7, 11) is 1.78. The van der Waals surface area contributed by atoms with Crippen LogP contribution in [0.25, 0.3) is 11.1 Å². The van der Waals surface area contributed by atoms with E-state index in [0.717, 1.165) is 5.69 Å². The van der Waals surface area contributed by atoms with E-state index >= 15 is 0 Å². The van der Waals surface area contributed by atoms with Gasteiger partial charge < -0.3 is 10.6 Å². The lowest BCUT2D eigenvalue weighted by atomic mass is 9.94. The van der Waals surface area contributed by atoms with Gasteiger partial charge in [0.25, 0.3) is 17.5 Å². The molecule has 8 heteroatoms. The summed E-state index contributed by atoms with van der Waals surface area (Å²) in [5, 5.41) is 19.5. The molecule has 0 aliphatic rings. The van der Waals surface area contributed by atoms with Crippen molar-refractivity contribution in [2.75, 3.05) is 17.7 Å². The molecule has 0 aromatic heterocycles. The summed E-state index contributed by atoms with van der Waals surface area (Å²) >= 11 is 0. The van der Waals surface area contributed by atoms with Crippen LogP contribution in [0.15, 0.2) is 66.7 Å². The van der Waals surface area contributed by atoms with Crippen molar-refractivity contribution in [1.82, 2.24) is 5.32 Å². The van der Waals surface area contributed by atoms with E-state index in [2.05, 4.69) is 27.9 Å². The van der Waals surface area contributed by atoms with Gasteiger partial charge in [0, 0.05) is 42.2 Å². The van der Waals surface area contributed by atoms with Gasteiger partial charge in [-0.05, 0) is 54.4 Å². The Morgan fingerprint density at radius 2 is 1.53 bits per heavy atom. The number of hydrogen-bond donors (Lipinski definition) is 3. The molecule has 3 aromatic rings. The van der Waals surface area contributed by atoms with Crippen LogP contribution in [0.5, 0.6) is 0 Å². The van der Waals surface area contributed by atoms with Gasteiger partial charge in [-0.2, -0.15) is 0 Å². The second kappa shape index (κ2) is 9.91. The minimum Gasteiger partial charge on any atom is -0.388 e. The van der Waals surface area contributed by atoms with Gasteiger partial charge in [-0.25, -0.2) is 0 Å². The first-order chi connectivity index (χ1) is 15.4. The number of hydrogen-bond acceptors (Lipinski definition) is 5. The predicted octanol–water partition coefficient (Wildman–Crippen LogP) is 4.27. The van der Waals surface area contributed by atoms with Crippen LogP contribution in [0.4, 0.5) is 17.1 Å². The zero-order valence-corrected chi connectivity index (χ0v) is 17.4. The monoisotopic (exact) mass is 428 g/mol. The molecule has 3 aromatic carbocycles. The molecule has 0 saturated carbocycles. The maximum atomic E-state index is 13.1. The molecule has 2 amide bonds. The van der Waals surface area contributed by atoms with Crippen molar-refractivity contribution < 1.29 is 14.5 Å². The van der Waals surface area contributed by atoms with Crippen LogP contribution in [0.3, 0.4) is 0 Å². The standard InChI is InChI=1S/C24H20N4O4/c1-3-14-26-23(29)21-7-5-4-6-19(21)20-13-12-18(28(31)32)15-22(20)24(30)27-17-10-8-16(25-2)9-11-17/h4-13,15,25H,1-2H3,(H,26,29)(H,27,30). The number of benzene rings is 3. The van der Waals surface area contributed by atoms with Gasteiger partial charge in [0.2, 0.25) is 0 Å². The lowest BCUT2D eigenvalue weighted by Crippen LogP contribution is -2.19. The number of rotatable bonds is 6. The fraction of sp³-hybridized carbons (Fsp3) is 0.0833. The molecule has 3 rings (SSSR count). The third-order valence-corrected chi connectivity index (χ3v) is 4.65. The fourth-order valence-corrected chi connectivity index (χ4v) is 3.09. The van der Waals surface area contributed by atoms with Crippen LogP contribution in [0.1, 0.15) is 27.6 Å². The first-order valence-corrected chi connectivity index (χ1v) is 9.63. The number of nitrogens with zero attached hydrogens (tertiary/aromatic N) is 1. The second-order valence-electron chi connectivity index (χ2n) is 6.64. The first-order valence-electron chi connectivity index (χ1n) is 9.63. The molecule has 160 valence electrons. The van der Waals surface area contributed by atoms with E-state index in [0.29, 0.717) is 16.8 Å². The van der Waals surface area contributed by atoms with Gasteiger partial charge in [0.05, 0.1) is 10.5 Å². The lowest BCUT2D eigenvalue weighted by Gasteiger charge is -2.13. The van der Waals surface area contributed by atoms with Crippen LogP contribution in [-0.4, -0.2) is 23.8 Å². The van der Waals surface area contributed by atoms with Crippen molar-refractivity contribution in [1.29, 1.82) is 0 Å². The van der Waals surface area contributed by atoms with Crippen molar-refractivity contribution in [2.45, 2.75) is 6.92 Å². The van der Waals surface area contributed by atoms with Crippen LogP contribution in [0.2, 0.25) is 0 Å². The number of non-ortho nitro benzene ring substituents is 1. The molecular weight excluding hydrogens is 408 g/mol. The highest BCUT2D eigenvalue weighted by Gasteiger charge is 2.21. The smallest absolute Gasteiger partial charge is 0.270 e. The molecule has 0 radical (unpaired) electrons. The molecule has 0 saturated heterocycles. The molecule has 0 fully saturated rings. The van der Waals surface area contributed by atoms with E-state index in [-0.39, 0.29) is 16.8 Å². The zero-order valence-electron chi connectivity index (χ0n) is 17.4. The zero-order chi connectivity index (χ0) is 23.1. The van der Waals surface area contributed by atoms with Crippen molar-refractivity contribution in [3.63, 3.8) is 0 Å². The molecule has 0 unspecified atom stereocenters. The molecular formula is C24H20N4O4. The minimum absolute atomic E-state index is 0.0683. The average Bonchev–Trinajstić information content (AvgIpc) is 2.82. The Morgan fingerprint density at radius 3 is 2.19 bits per heavy atom. The number of nitrogens with one attached hydrogen (secondary N) is 3. The van der Waals surface area contributed by atoms with Crippen molar-refractivity contribution in [2.24, 2.45) is 0 Å². The highest BCUT2D eigenvalue weighted by molar-refractivity contribution is 6.11. The quantitative estimate of drug-likeness (QED) is 0.235. The summed E-state index contributed by atoms with van der Waals surface area (Å²) in [5.74, 6) is 1.61. The predicted molar refractivity (Wildman–Crippen MR) is 123 cm³/mol. The Morgan fingerprint density at radius 1 is 0.875 bits per heavy atom. The second-order valence-corrected chi connectivity index (χ2v) is 6.64. The molecule has 8 nitrogen and oxygen atoms in total. The van der Waals surface area contributed by atoms with Crippen LogP contribution >= 0.6 is 0 Å². The van der Waals surface area contributed by atoms with Gasteiger partial charge in [0.1, 0.15) is 0 Å². The van der Waals surface area contributed by atoms with Crippen LogP contribution in [-0.2, 0) is 0 Å². The summed E-state index contributed by atoms with van der Waals surface area (Å²) < 4.78 is 0. The third kappa shape index (κ3) is 4.91. The lowest BCUT2D eigenvalue weighted by molar-refractivity contribution is -0.384. The topological polar surface area (TPSA) is 113 Å². The van der Waals surface area contributed by atoms with E-state index in [1.807, 2.05) is 0 Å². The highest BCUT2D eigenvalue weighted by Crippen LogP contribution is 2.31. The molecule has 0 spiro atoms. The number of carbonyl (C=O) groups is 2. The molecule has 0 atom stereocenters. The molecule has 0 bridgehead atoms. The molecule has 3 N–H and O–H groups in total. The normalized spacial score (nSPS) is 9.81. The summed E-state index contributed by atoms with van der Waals surface area (Å²) in [6.45, 7) is 1.59.